The van der Waals surface area contributed by atoms with Crippen molar-refractivity contribution in [3.63, 3.8) is 0 Å². The molecule has 0 saturated heterocycles. The molecule has 7 nitrogen and oxygen atoms in total. The van der Waals surface area contributed by atoms with Crippen molar-refractivity contribution in [2.75, 3.05) is 4.72 Å². The van der Waals surface area contributed by atoms with Crippen molar-refractivity contribution < 1.29 is 18.3 Å². The van der Waals surface area contributed by atoms with Crippen LogP contribution in [0.2, 0.25) is 0 Å². The van der Waals surface area contributed by atoms with Crippen LogP contribution in [0.25, 0.3) is 0 Å². The van der Waals surface area contributed by atoms with E-state index in [4.69, 9.17) is 5.11 Å². The van der Waals surface area contributed by atoms with E-state index in [0.717, 1.165) is 6.20 Å². The highest BCUT2D eigenvalue weighted by atomic mass is 32.2. The SMILES string of the molecule is Cn1ncc(C(=O)O)c1NS(=O)(=O)C1CC1. The molecule has 0 unspecified atom stereocenters. The van der Waals surface area contributed by atoms with Crippen molar-refractivity contribution in [3.05, 3.63) is 11.8 Å². The second-order valence-electron chi connectivity index (χ2n) is 3.68. The summed E-state index contributed by atoms with van der Waals surface area (Å²) in [7, 11) is -1.98. The van der Waals surface area contributed by atoms with E-state index in [-0.39, 0.29) is 11.4 Å². The number of rotatable bonds is 4. The summed E-state index contributed by atoms with van der Waals surface area (Å²) in [4.78, 5) is 10.8. The van der Waals surface area contributed by atoms with Gasteiger partial charge in [-0.2, -0.15) is 5.10 Å². The number of carboxylic acid groups (broad SMARTS) is 1. The van der Waals surface area contributed by atoms with Gasteiger partial charge < -0.3 is 5.11 Å². The maximum absolute atomic E-state index is 11.6. The van der Waals surface area contributed by atoms with Crippen LogP contribution in [0.15, 0.2) is 6.20 Å². The Kier molecular flexibility index (Phi) is 2.38. The van der Waals surface area contributed by atoms with Gasteiger partial charge in [0.1, 0.15) is 5.56 Å². The standard InChI is InChI=1S/C8H11N3O4S/c1-11-7(6(4-9-11)8(12)13)10-16(14,15)5-2-3-5/h4-5,10H,2-3H2,1H3,(H,12,13). The number of nitrogens with one attached hydrogen (secondary N) is 1. The molecule has 1 aromatic rings. The molecule has 0 spiro atoms. The molecule has 1 aliphatic rings. The quantitative estimate of drug-likeness (QED) is 0.778. The zero-order valence-corrected chi connectivity index (χ0v) is 9.36. The number of hydrogen-bond donors (Lipinski definition) is 2. The van der Waals surface area contributed by atoms with E-state index in [1.54, 1.807) is 0 Å². The fraction of sp³-hybridized carbons (Fsp3) is 0.500. The minimum atomic E-state index is -3.46. The molecule has 0 aliphatic heterocycles. The number of aryl methyl sites for hydroxylation is 1. The van der Waals surface area contributed by atoms with Crippen LogP contribution in [-0.4, -0.2) is 34.5 Å². The molecule has 0 amide bonds. The molecule has 1 saturated carbocycles. The zero-order chi connectivity index (χ0) is 11.9. The summed E-state index contributed by atoms with van der Waals surface area (Å²) in [5.41, 5.74) is -0.147. The molecule has 1 fully saturated rings. The maximum Gasteiger partial charge on any atom is 0.341 e. The first kappa shape index (κ1) is 10.9. The summed E-state index contributed by atoms with van der Waals surface area (Å²) in [5.74, 6) is -1.21. The largest absolute Gasteiger partial charge is 0.477 e. The minimum absolute atomic E-state index is 0.000556. The number of sulfonamides is 1. The first-order chi connectivity index (χ1) is 7.42. The van der Waals surface area contributed by atoms with E-state index in [1.165, 1.54) is 11.7 Å². The number of carbonyl (C=O) groups is 1. The van der Waals surface area contributed by atoms with Crippen LogP contribution in [-0.2, 0) is 17.1 Å². The maximum atomic E-state index is 11.6. The lowest BCUT2D eigenvalue weighted by Gasteiger charge is -2.07. The summed E-state index contributed by atoms with van der Waals surface area (Å²) < 4.78 is 26.8. The van der Waals surface area contributed by atoms with Crippen molar-refractivity contribution in [2.24, 2.45) is 7.05 Å². The second-order valence-corrected chi connectivity index (χ2v) is 5.64. The highest BCUT2D eigenvalue weighted by molar-refractivity contribution is 7.93. The summed E-state index contributed by atoms with van der Waals surface area (Å²) in [6, 6.07) is 0. The average Bonchev–Trinajstić information content (AvgIpc) is 2.94. The van der Waals surface area contributed by atoms with E-state index >= 15 is 0 Å². The summed E-state index contributed by atoms with van der Waals surface area (Å²) in [6.07, 6.45) is 2.36. The molecule has 2 rings (SSSR count). The normalized spacial score (nSPS) is 16.1. The van der Waals surface area contributed by atoms with Crippen LogP contribution in [0.5, 0.6) is 0 Å². The Morgan fingerprint density at radius 2 is 2.25 bits per heavy atom. The molecule has 1 aromatic heterocycles. The number of anilines is 1. The van der Waals surface area contributed by atoms with Gasteiger partial charge in [-0.15, -0.1) is 0 Å². The van der Waals surface area contributed by atoms with E-state index in [9.17, 15) is 13.2 Å². The van der Waals surface area contributed by atoms with Crippen LogP contribution in [0.1, 0.15) is 23.2 Å². The molecule has 8 heteroatoms. The van der Waals surface area contributed by atoms with Crippen molar-refractivity contribution in [1.29, 1.82) is 0 Å². The van der Waals surface area contributed by atoms with Crippen LogP contribution in [0, 0.1) is 0 Å². The predicted molar refractivity (Wildman–Crippen MR) is 55.7 cm³/mol. The van der Waals surface area contributed by atoms with E-state index in [1.807, 2.05) is 0 Å². The van der Waals surface area contributed by atoms with Gasteiger partial charge >= 0.3 is 5.97 Å². The molecular formula is C8H11N3O4S. The Hall–Kier alpha value is -1.57. The van der Waals surface area contributed by atoms with Gasteiger partial charge in [0.2, 0.25) is 10.0 Å². The lowest BCUT2D eigenvalue weighted by molar-refractivity contribution is 0.0698. The van der Waals surface area contributed by atoms with Crippen molar-refractivity contribution in [1.82, 2.24) is 9.78 Å². The Balaban J connectivity index is 2.33. The van der Waals surface area contributed by atoms with Crippen molar-refractivity contribution in [3.8, 4) is 0 Å². The number of aromatic nitrogens is 2. The number of aromatic carboxylic acids is 1. The molecular weight excluding hydrogens is 234 g/mol. The number of nitrogens with zero attached hydrogens (tertiary/aromatic N) is 2. The Bertz CT molecular complexity index is 529. The molecule has 0 aromatic carbocycles. The van der Waals surface area contributed by atoms with Gasteiger partial charge in [-0.1, -0.05) is 0 Å². The third-order valence-corrected chi connectivity index (χ3v) is 4.20. The molecule has 0 atom stereocenters. The molecule has 0 radical (unpaired) electrons. The van der Waals surface area contributed by atoms with Gasteiger partial charge in [-0.05, 0) is 12.8 Å². The van der Waals surface area contributed by atoms with E-state index in [2.05, 4.69) is 9.82 Å². The molecule has 16 heavy (non-hydrogen) atoms. The Morgan fingerprint density at radius 3 is 2.75 bits per heavy atom. The molecule has 1 aliphatic carbocycles. The third-order valence-electron chi connectivity index (χ3n) is 2.37. The first-order valence-electron chi connectivity index (χ1n) is 4.69. The molecule has 1 heterocycles. The highest BCUT2D eigenvalue weighted by Gasteiger charge is 2.37. The van der Waals surface area contributed by atoms with Crippen LogP contribution in [0.3, 0.4) is 0 Å². The van der Waals surface area contributed by atoms with Gasteiger partial charge in [0.25, 0.3) is 0 Å². The van der Waals surface area contributed by atoms with Crippen LogP contribution >= 0.6 is 0 Å². The average molecular weight is 245 g/mol. The summed E-state index contributed by atoms with van der Waals surface area (Å²) in [6.45, 7) is 0. The number of hydrogen-bond acceptors (Lipinski definition) is 4. The molecule has 0 bridgehead atoms. The lowest BCUT2D eigenvalue weighted by atomic mass is 10.3. The minimum Gasteiger partial charge on any atom is -0.477 e. The fourth-order valence-electron chi connectivity index (χ4n) is 1.31. The van der Waals surface area contributed by atoms with Crippen LogP contribution < -0.4 is 4.72 Å². The third kappa shape index (κ3) is 1.87. The zero-order valence-electron chi connectivity index (χ0n) is 8.54. The van der Waals surface area contributed by atoms with Crippen LogP contribution in [0.4, 0.5) is 5.82 Å². The highest BCUT2D eigenvalue weighted by Crippen LogP contribution is 2.30. The van der Waals surface area contributed by atoms with Gasteiger partial charge in [0.15, 0.2) is 5.82 Å². The van der Waals surface area contributed by atoms with E-state index < -0.39 is 21.2 Å². The molecule has 2 N–H and O–H groups in total. The summed E-state index contributed by atoms with van der Waals surface area (Å²) in [5, 5.41) is 12.2. The van der Waals surface area contributed by atoms with Gasteiger partial charge in [0, 0.05) is 7.05 Å². The van der Waals surface area contributed by atoms with Gasteiger partial charge in [-0.3, -0.25) is 9.40 Å². The monoisotopic (exact) mass is 245 g/mol. The topological polar surface area (TPSA) is 101 Å². The lowest BCUT2D eigenvalue weighted by Crippen LogP contribution is -2.20. The smallest absolute Gasteiger partial charge is 0.341 e. The predicted octanol–water partition coefficient (Wildman–Crippen LogP) is 0.0224. The van der Waals surface area contributed by atoms with E-state index in [0.29, 0.717) is 12.8 Å². The van der Waals surface area contributed by atoms with Crippen molar-refractivity contribution in [2.45, 2.75) is 18.1 Å². The Morgan fingerprint density at radius 1 is 1.62 bits per heavy atom. The molecule has 88 valence electrons. The summed E-state index contributed by atoms with van der Waals surface area (Å²) >= 11 is 0. The van der Waals surface area contributed by atoms with Gasteiger partial charge in [0.05, 0.1) is 11.4 Å². The second kappa shape index (κ2) is 3.48. The number of carboxylic acids is 1. The van der Waals surface area contributed by atoms with Gasteiger partial charge in [-0.25, -0.2) is 13.2 Å². The fourth-order valence-corrected chi connectivity index (χ4v) is 2.75. The first-order valence-corrected chi connectivity index (χ1v) is 6.23. The van der Waals surface area contributed by atoms with Crippen molar-refractivity contribution >= 4 is 21.8 Å². The Labute approximate surface area is 92.1 Å².